The molecule has 1 aromatic rings. The van der Waals surface area contributed by atoms with E-state index in [-0.39, 0.29) is 30.4 Å². The molecular formula is C6H6Cl2NO3-. The highest BCUT2D eigenvalue weighted by Crippen LogP contribution is 1.91. The number of carbonyl (C=O) groups is 1. The molecule has 1 aromatic heterocycles. The Morgan fingerprint density at radius 2 is 2.17 bits per heavy atom. The van der Waals surface area contributed by atoms with Crippen molar-refractivity contribution >= 4 is 18.4 Å². The van der Waals surface area contributed by atoms with Gasteiger partial charge in [-0.3, -0.25) is 0 Å². The highest BCUT2D eigenvalue weighted by molar-refractivity contribution is 5.86. The average molecular weight is 211 g/mol. The first kappa shape index (κ1) is 13.6. The number of hydrogen-bond donors (Lipinski definition) is 1. The molecule has 0 aliphatic heterocycles. The summed E-state index contributed by atoms with van der Waals surface area (Å²) in [4.78, 5) is 10.2. The molecule has 6 heteroatoms. The number of aromatic nitrogens is 1. The molecule has 0 amide bonds. The topological polar surface area (TPSA) is 64.2 Å². The van der Waals surface area contributed by atoms with E-state index >= 15 is 0 Å². The first-order valence-electron chi connectivity index (χ1n) is 2.62. The minimum absolute atomic E-state index is 0. The van der Waals surface area contributed by atoms with E-state index < -0.39 is 5.97 Å². The van der Waals surface area contributed by atoms with Crippen molar-refractivity contribution in [3.8, 4) is 0 Å². The lowest BCUT2D eigenvalue weighted by atomic mass is 10.3. The van der Waals surface area contributed by atoms with Crippen LogP contribution in [0, 0.1) is 5.21 Å². The highest BCUT2D eigenvalue weighted by atomic mass is 35.5. The summed E-state index contributed by atoms with van der Waals surface area (Å²) in [6.45, 7) is 0. The third-order valence-electron chi connectivity index (χ3n) is 1.02. The van der Waals surface area contributed by atoms with E-state index in [2.05, 4.69) is 0 Å². The van der Waals surface area contributed by atoms with Crippen LogP contribution in [0.25, 0.3) is 0 Å². The number of aromatic carboxylic acids is 1. The van der Waals surface area contributed by atoms with Crippen molar-refractivity contribution in [2.75, 3.05) is 0 Å². The van der Waals surface area contributed by atoms with Crippen LogP contribution in [-0.4, -0.2) is 11.1 Å². The number of hydrogen-bond acceptors (Lipinski definition) is 2. The van der Waals surface area contributed by atoms with Gasteiger partial charge >= 0.3 is 5.97 Å². The summed E-state index contributed by atoms with van der Waals surface area (Å²) in [6, 6.07) is 2.74. The van der Waals surface area contributed by atoms with Gasteiger partial charge in [0.15, 0.2) is 12.4 Å². The lowest BCUT2D eigenvalue weighted by Gasteiger charge is -1.94. The maximum atomic E-state index is 10.4. The molecule has 0 aliphatic rings. The largest absolute Gasteiger partial charge is 1.00 e. The minimum Gasteiger partial charge on any atom is -1.00 e. The fraction of sp³-hybridized carbons (Fsp3) is 0. The van der Waals surface area contributed by atoms with E-state index in [0.717, 1.165) is 6.20 Å². The molecule has 0 aliphatic carbocycles. The van der Waals surface area contributed by atoms with Gasteiger partial charge in [-0.05, 0) is 6.07 Å². The minimum atomic E-state index is -1.09. The normalized spacial score (nSPS) is 7.67. The number of pyridine rings is 1. The highest BCUT2D eigenvalue weighted by Gasteiger charge is 2.03. The molecule has 0 saturated carbocycles. The molecule has 1 heterocycles. The molecule has 68 valence electrons. The molecular weight excluding hydrogens is 205 g/mol. The SMILES string of the molecule is Cl.O=C(O)c1ccc[n+]([O-])c1.[Cl-]. The lowest BCUT2D eigenvalue weighted by molar-refractivity contribution is -0.605. The smallest absolute Gasteiger partial charge is 0.341 e. The van der Waals surface area contributed by atoms with Gasteiger partial charge in [0.2, 0.25) is 0 Å². The van der Waals surface area contributed by atoms with Gasteiger partial charge in [0.05, 0.1) is 0 Å². The summed E-state index contributed by atoms with van der Waals surface area (Å²) in [5.74, 6) is -1.09. The molecule has 1 N–H and O–H groups in total. The second-order valence-corrected chi connectivity index (χ2v) is 1.76. The molecule has 0 spiro atoms. The fourth-order valence-corrected chi connectivity index (χ4v) is 0.581. The Bertz CT molecular complexity index is 267. The van der Waals surface area contributed by atoms with Gasteiger partial charge in [-0.2, -0.15) is 4.73 Å². The van der Waals surface area contributed by atoms with Crippen molar-refractivity contribution in [1.29, 1.82) is 0 Å². The number of carboxylic acids is 1. The van der Waals surface area contributed by atoms with Gasteiger partial charge in [-0.15, -0.1) is 12.4 Å². The molecule has 0 atom stereocenters. The molecule has 1 rings (SSSR count). The Kier molecular flexibility index (Phi) is 6.37. The zero-order valence-corrected chi connectivity index (χ0v) is 7.38. The Hall–Kier alpha value is -1.00. The second-order valence-electron chi connectivity index (χ2n) is 1.76. The van der Waals surface area contributed by atoms with Crippen LogP contribution in [-0.2, 0) is 0 Å². The van der Waals surface area contributed by atoms with Crippen LogP contribution in [0.15, 0.2) is 24.5 Å². The van der Waals surface area contributed by atoms with E-state index in [1.54, 1.807) is 0 Å². The summed E-state index contributed by atoms with van der Waals surface area (Å²) < 4.78 is 0.448. The van der Waals surface area contributed by atoms with Crippen LogP contribution < -0.4 is 17.1 Å². The first-order valence-corrected chi connectivity index (χ1v) is 2.62. The molecule has 0 saturated heterocycles. The monoisotopic (exact) mass is 210 g/mol. The molecule has 12 heavy (non-hydrogen) atoms. The number of rotatable bonds is 1. The predicted octanol–water partition coefficient (Wildman–Crippen LogP) is -2.56. The average Bonchev–Trinajstić information content (AvgIpc) is 1.88. The van der Waals surface area contributed by atoms with Gasteiger partial charge in [0.25, 0.3) is 0 Å². The Balaban J connectivity index is 0. The molecule has 0 bridgehead atoms. The Labute approximate surface area is 81.2 Å². The van der Waals surface area contributed by atoms with Crippen LogP contribution in [0.5, 0.6) is 0 Å². The van der Waals surface area contributed by atoms with E-state index in [1.807, 2.05) is 0 Å². The van der Waals surface area contributed by atoms with Crippen molar-refractivity contribution in [3.05, 3.63) is 35.3 Å². The van der Waals surface area contributed by atoms with Crippen LogP contribution >= 0.6 is 12.4 Å². The lowest BCUT2D eigenvalue weighted by Crippen LogP contribution is -3.00. The van der Waals surface area contributed by atoms with Crippen molar-refractivity contribution in [2.24, 2.45) is 0 Å². The summed E-state index contributed by atoms with van der Waals surface area (Å²) in [5, 5.41) is 18.8. The standard InChI is InChI=1S/C6H5NO3.2ClH/c8-6(9)5-2-1-3-7(10)4-5;;/h1-4H,(H,8,9);2*1H/p-1. The van der Waals surface area contributed by atoms with Gasteiger partial charge in [0.1, 0.15) is 5.56 Å². The van der Waals surface area contributed by atoms with Crippen molar-refractivity contribution < 1.29 is 27.0 Å². The first-order chi connectivity index (χ1) is 4.70. The quantitative estimate of drug-likeness (QED) is 0.410. The van der Waals surface area contributed by atoms with Crippen molar-refractivity contribution in [3.63, 3.8) is 0 Å². The van der Waals surface area contributed by atoms with Crippen LogP contribution in [0.3, 0.4) is 0 Å². The Morgan fingerprint density at radius 3 is 2.50 bits per heavy atom. The Morgan fingerprint density at radius 1 is 1.58 bits per heavy atom. The summed E-state index contributed by atoms with van der Waals surface area (Å²) in [6.07, 6.45) is 2.23. The number of halogens is 2. The van der Waals surface area contributed by atoms with Gasteiger partial charge in [-0.25, -0.2) is 4.79 Å². The van der Waals surface area contributed by atoms with E-state index in [4.69, 9.17) is 5.11 Å². The van der Waals surface area contributed by atoms with Crippen LogP contribution in [0.1, 0.15) is 10.4 Å². The maximum absolute atomic E-state index is 10.4. The molecule has 0 radical (unpaired) electrons. The fourth-order valence-electron chi connectivity index (χ4n) is 0.581. The summed E-state index contributed by atoms with van der Waals surface area (Å²) in [5.41, 5.74) is -0.00231. The predicted molar refractivity (Wildman–Crippen MR) is 39.6 cm³/mol. The number of carboxylic acid groups (broad SMARTS) is 1. The number of nitrogens with zero attached hydrogens (tertiary/aromatic N) is 1. The van der Waals surface area contributed by atoms with Crippen molar-refractivity contribution in [2.45, 2.75) is 0 Å². The van der Waals surface area contributed by atoms with Gasteiger partial charge in [0, 0.05) is 6.07 Å². The maximum Gasteiger partial charge on any atom is 0.341 e. The zero-order valence-electron chi connectivity index (χ0n) is 5.81. The summed E-state index contributed by atoms with van der Waals surface area (Å²) in [7, 11) is 0. The second kappa shape index (κ2) is 5.62. The third-order valence-corrected chi connectivity index (χ3v) is 1.02. The summed E-state index contributed by atoms with van der Waals surface area (Å²) >= 11 is 0. The van der Waals surface area contributed by atoms with Crippen LogP contribution in [0.2, 0.25) is 0 Å². The van der Waals surface area contributed by atoms with Crippen molar-refractivity contribution in [1.82, 2.24) is 0 Å². The molecule has 0 unspecified atom stereocenters. The van der Waals surface area contributed by atoms with Gasteiger partial charge in [-0.1, -0.05) is 0 Å². The molecule has 0 aromatic carbocycles. The molecule has 4 nitrogen and oxygen atoms in total. The van der Waals surface area contributed by atoms with E-state index in [9.17, 15) is 10.0 Å². The molecule has 0 fully saturated rings. The van der Waals surface area contributed by atoms with E-state index in [0.29, 0.717) is 4.73 Å². The zero-order chi connectivity index (χ0) is 7.56. The third kappa shape index (κ3) is 3.41. The van der Waals surface area contributed by atoms with Gasteiger partial charge < -0.3 is 22.7 Å². The van der Waals surface area contributed by atoms with E-state index in [1.165, 1.54) is 18.3 Å². The van der Waals surface area contributed by atoms with Crippen LogP contribution in [0.4, 0.5) is 0 Å².